The second-order valence-corrected chi connectivity index (χ2v) is 4.35. The summed E-state index contributed by atoms with van der Waals surface area (Å²) in [4.78, 5) is 0. The molecule has 0 aliphatic carbocycles. The van der Waals surface area contributed by atoms with Crippen LogP contribution in [0.3, 0.4) is 0 Å². The van der Waals surface area contributed by atoms with Gasteiger partial charge in [0.15, 0.2) is 11.5 Å². The van der Waals surface area contributed by atoms with Crippen LogP contribution in [0.5, 0.6) is 11.5 Å². The van der Waals surface area contributed by atoms with Crippen LogP contribution in [0, 0.1) is 13.8 Å². The minimum atomic E-state index is 0.0388. The van der Waals surface area contributed by atoms with E-state index in [1.54, 1.807) is 7.11 Å². The zero-order valence-electron chi connectivity index (χ0n) is 10.5. The number of hydrogen-bond acceptors (Lipinski definition) is 4. The number of aryl methyl sites for hydroxylation is 1. The fourth-order valence-corrected chi connectivity index (χ4v) is 2.25. The number of benzene rings is 1. The Labute approximate surface area is 102 Å². The summed E-state index contributed by atoms with van der Waals surface area (Å²) in [5.41, 5.74) is 2.85. The van der Waals surface area contributed by atoms with Crippen molar-refractivity contribution < 1.29 is 14.6 Å². The van der Waals surface area contributed by atoms with Crippen molar-refractivity contribution in [3.05, 3.63) is 22.8 Å². The molecule has 17 heavy (non-hydrogen) atoms. The van der Waals surface area contributed by atoms with Gasteiger partial charge in [0.05, 0.1) is 19.8 Å². The van der Waals surface area contributed by atoms with Gasteiger partial charge < -0.3 is 19.9 Å². The number of methoxy groups -OCH3 is 1. The van der Waals surface area contributed by atoms with Crippen molar-refractivity contribution in [3.8, 4) is 11.5 Å². The lowest BCUT2D eigenvalue weighted by atomic mass is 9.98. The molecule has 0 amide bonds. The summed E-state index contributed by atoms with van der Waals surface area (Å²) < 4.78 is 11.0. The standard InChI is InChI=1S/C13H19NO3/c1-8-6-10(11-7-14-4-5-17-11)9(2)13(16-3)12(8)15/h6,11,14-15H,4-5,7H2,1-3H3. The summed E-state index contributed by atoms with van der Waals surface area (Å²) in [6.45, 7) is 6.23. The molecule has 2 rings (SSSR count). The Hall–Kier alpha value is -1.26. The summed E-state index contributed by atoms with van der Waals surface area (Å²) in [5.74, 6) is 0.770. The van der Waals surface area contributed by atoms with E-state index in [1.807, 2.05) is 19.9 Å². The molecule has 1 aromatic carbocycles. The number of phenolic OH excluding ortho intramolecular Hbond substituents is 1. The molecule has 94 valence electrons. The van der Waals surface area contributed by atoms with Gasteiger partial charge in [-0.15, -0.1) is 0 Å². The lowest BCUT2D eigenvalue weighted by Crippen LogP contribution is -2.33. The van der Waals surface area contributed by atoms with Crippen LogP contribution in [-0.4, -0.2) is 31.9 Å². The van der Waals surface area contributed by atoms with Crippen LogP contribution in [-0.2, 0) is 4.74 Å². The number of morpholine rings is 1. The molecule has 1 saturated heterocycles. The quantitative estimate of drug-likeness (QED) is 0.821. The molecule has 0 spiro atoms. The number of nitrogens with one attached hydrogen (secondary N) is 1. The fraction of sp³-hybridized carbons (Fsp3) is 0.538. The Bertz CT molecular complexity index is 412. The van der Waals surface area contributed by atoms with Crippen molar-refractivity contribution in [3.63, 3.8) is 0 Å². The Morgan fingerprint density at radius 1 is 1.47 bits per heavy atom. The average Bonchev–Trinajstić information content (AvgIpc) is 2.36. The molecule has 1 unspecified atom stereocenters. The number of rotatable bonds is 2. The van der Waals surface area contributed by atoms with E-state index in [9.17, 15) is 5.11 Å². The SMILES string of the molecule is COc1c(C)c(C2CNCCO2)cc(C)c1O. The topological polar surface area (TPSA) is 50.7 Å². The van der Waals surface area contributed by atoms with E-state index in [-0.39, 0.29) is 11.9 Å². The lowest BCUT2D eigenvalue weighted by molar-refractivity contribution is 0.0271. The smallest absolute Gasteiger partial charge is 0.164 e. The first-order valence-electron chi connectivity index (χ1n) is 5.84. The van der Waals surface area contributed by atoms with E-state index in [2.05, 4.69) is 5.32 Å². The largest absolute Gasteiger partial charge is 0.504 e. The number of phenols is 1. The monoisotopic (exact) mass is 237 g/mol. The van der Waals surface area contributed by atoms with Crippen molar-refractivity contribution in [1.82, 2.24) is 5.32 Å². The summed E-state index contributed by atoms with van der Waals surface area (Å²) in [6.07, 6.45) is 0.0388. The van der Waals surface area contributed by atoms with Crippen molar-refractivity contribution in [2.45, 2.75) is 20.0 Å². The molecular formula is C13H19NO3. The predicted octanol–water partition coefficient (Wildman–Crippen LogP) is 1.68. The first kappa shape index (κ1) is 12.2. The molecular weight excluding hydrogens is 218 g/mol. The highest BCUT2D eigenvalue weighted by atomic mass is 16.5. The molecule has 4 nitrogen and oxygen atoms in total. The Morgan fingerprint density at radius 3 is 2.82 bits per heavy atom. The molecule has 0 aromatic heterocycles. The van der Waals surface area contributed by atoms with Crippen molar-refractivity contribution in [1.29, 1.82) is 0 Å². The van der Waals surface area contributed by atoms with Crippen LogP contribution >= 0.6 is 0 Å². The van der Waals surface area contributed by atoms with Crippen molar-refractivity contribution >= 4 is 0 Å². The van der Waals surface area contributed by atoms with Gasteiger partial charge in [0.1, 0.15) is 0 Å². The Kier molecular flexibility index (Phi) is 3.54. The molecule has 1 fully saturated rings. The van der Waals surface area contributed by atoms with Crippen LogP contribution < -0.4 is 10.1 Å². The summed E-state index contributed by atoms with van der Waals surface area (Å²) >= 11 is 0. The van der Waals surface area contributed by atoms with Crippen LogP contribution in [0.15, 0.2) is 6.07 Å². The molecule has 0 saturated carbocycles. The number of ether oxygens (including phenoxy) is 2. The van der Waals surface area contributed by atoms with Crippen LogP contribution in [0.25, 0.3) is 0 Å². The van der Waals surface area contributed by atoms with Gasteiger partial charge >= 0.3 is 0 Å². The molecule has 0 radical (unpaired) electrons. The van der Waals surface area contributed by atoms with Crippen LogP contribution in [0.4, 0.5) is 0 Å². The third-order valence-electron chi connectivity index (χ3n) is 3.21. The molecule has 0 bridgehead atoms. The summed E-state index contributed by atoms with van der Waals surface area (Å²) in [5, 5.41) is 13.2. The molecule has 1 atom stereocenters. The molecule has 1 heterocycles. The zero-order chi connectivity index (χ0) is 12.4. The maximum Gasteiger partial charge on any atom is 0.164 e. The third kappa shape index (κ3) is 2.23. The van der Waals surface area contributed by atoms with Gasteiger partial charge in [-0.1, -0.05) is 0 Å². The predicted molar refractivity (Wildman–Crippen MR) is 65.7 cm³/mol. The van der Waals surface area contributed by atoms with E-state index in [1.165, 1.54) is 0 Å². The van der Waals surface area contributed by atoms with Gasteiger partial charge in [0.2, 0.25) is 0 Å². The highest BCUT2D eigenvalue weighted by molar-refractivity contribution is 5.54. The second kappa shape index (κ2) is 4.94. The lowest BCUT2D eigenvalue weighted by Gasteiger charge is -2.26. The number of aromatic hydroxyl groups is 1. The minimum Gasteiger partial charge on any atom is -0.504 e. The molecule has 4 heteroatoms. The van der Waals surface area contributed by atoms with Gasteiger partial charge in [-0.3, -0.25) is 0 Å². The Balaban J connectivity index is 2.42. The van der Waals surface area contributed by atoms with Crippen LogP contribution in [0.1, 0.15) is 22.8 Å². The van der Waals surface area contributed by atoms with E-state index in [0.717, 1.165) is 29.8 Å². The normalized spacial score (nSPS) is 20.3. The molecule has 1 aliphatic heterocycles. The van der Waals surface area contributed by atoms with Crippen molar-refractivity contribution in [2.24, 2.45) is 0 Å². The van der Waals surface area contributed by atoms with E-state index < -0.39 is 0 Å². The van der Waals surface area contributed by atoms with E-state index in [4.69, 9.17) is 9.47 Å². The van der Waals surface area contributed by atoms with Gasteiger partial charge in [-0.25, -0.2) is 0 Å². The molecule has 1 aromatic rings. The first-order chi connectivity index (χ1) is 8.15. The van der Waals surface area contributed by atoms with Gasteiger partial charge in [-0.05, 0) is 31.0 Å². The average molecular weight is 237 g/mol. The first-order valence-corrected chi connectivity index (χ1v) is 5.84. The van der Waals surface area contributed by atoms with Gasteiger partial charge in [-0.2, -0.15) is 0 Å². The van der Waals surface area contributed by atoms with Crippen molar-refractivity contribution in [2.75, 3.05) is 26.8 Å². The zero-order valence-corrected chi connectivity index (χ0v) is 10.5. The van der Waals surface area contributed by atoms with Gasteiger partial charge in [0, 0.05) is 18.7 Å². The molecule has 1 aliphatic rings. The molecule has 2 N–H and O–H groups in total. The van der Waals surface area contributed by atoms with Crippen LogP contribution in [0.2, 0.25) is 0 Å². The maximum absolute atomic E-state index is 9.92. The fourth-order valence-electron chi connectivity index (χ4n) is 2.25. The highest BCUT2D eigenvalue weighted by Crippen LogP contribution is 2.38. The third-order valence-corrected chi connectivity index (χ3v) is 3.21. The number of hydrogen-bond donors (Lipinski definition) is 2. The second-order valence-electron chi connectivity index (χ2n) is 4.35. The Morgan fingerprint density at radius 2 is 2.24 bits per heavy atom. The maximum atomic E-state index is 9.92. The summed E-state index contributed by atoms with van der Waals surface area (Å²) in [6, 6.07) is 1.98. The van der Waals surface area contributed by atoms with E-state index >= 15 is 0 Å². The minimum absolute atomic E-state index is 0.0388. The summed E-state index contributed by atoms with van der Waals surface area (Å²) in [7, 11) is 1.57. The van der Waals surface area contributed by atoms with Gasteiger partial charge in [0.25, 0.3) is 0 Å². The highest BCUT2D eigenvalue weighted by Gasteiger charge is 2.22. The van der Waals surface area contributed by atoms with E-state index in [0.29, 0.717) is 12.4 Å².